The molecule has 1 aliphatic rings. The molecular formula is C15H20N2O3S. The van der Waals surface area contributed by atoms with E-state index in [1.165, 1.54) is 6.92 Å². The molecule has 1 atom stereocenters. The summed E-state index contributed by atoms with van der Waals surface area (Å²) in [5.74, 6) is 0.400. The van der Waals surface area contributed by atoms with E-state index in [-0.39, 0.29) is 17.6 Å². The highest BCUT2D eigenvalue weighted by Crippen LogP contribution is 2.06. The van der Waals surface area contributed by atoms with E-state index in [0.29, 0.717) is 31.9 Å². The Morgan fingerprint density at radius 3 is 2.19 bits per heavy atom. The molecule has 1 heterocycles. The lowest BCUT2D eigenvalue weighted by molar-refractivity contribution is -0.136. The van der Waals surface area contributed by atoms with Gasteiger partial charge in [-0.2, -0.15) is 0 Å². The van der Waals surface area contributed by atoms with Gasteiger partial charge in [-0.15, -0.1) is 0 Å². The van der Waals surface area contributed by atoms with Crippen LogP contribution in [0.4, 0.5) is 0 Å². The summed E-state index contributed by atoms with van der Waals surface area (Å²) in [7, 11) is -1.19. The second kappa shape index (κ2) is 7.36. The molecule has 0 aromatic heterocycles. The van der Waals surface area contributed by atoms with Gasteiger partial charge in [0, 0.05) is 49.7 Å². The molecule has 6 heteroatoms. The van der Waals surface area contributed by atoms with Gasteiger partial charge in [0.25, 0.3) is 0 Å². The van der Waals surface area contributed by atoms with Crippen molar-refractivity contribution >= 4 is 22.6 Å². The molecule has 0 saturated carbocycles. The van der Waals surface area contributed by atoms with Crippen molar-refractivity contribution < 1.29 is 13.8 Å². The topological polar surface area (TPSA) is 57.7 Å². The second-order valence-electron chi connectivity index (χ2n) is 5.10. The SMILES string of the molecule is CC(=O)N1CCN(C(=O)CS(=O)Cc2ccccc2)CC1. The van der Waals surface area contributed by atoms with Crippen LogP contribution in [0.5, 0.6) is 0 Å². The average molecular weight is 308 g/mol. The number of amides is 2. The molecule has 21 heavy (non-hydrogen) atoms. The molecule has 0 bridgehead atoms. The molecule has 0 radical (unpaired) electrons. The third-order valence-corrected chi connectivity index (χ3v) is 4.76. The minimum atomic E-state index is -1.19. The maximum atomic E-state index is 12.1. The minimum absolute atomic E-state index is 0.0368. The Morgan fingerprint density at radius 1 is 1.05 bits per heavy atom. The summed E-state index contributed by atoms with van der Waals surface area (Å²) < 4.78 is 12.0. The van der Waals surface area contributed by atoms with Gasteiger partial charge in [-0.05, 0) is 5.56 Å². The predicted octanol–water partition coefficient (Wildman–Crippen LogP) is 0.626. The van der Waals surface area contributed by atoms with Gasteiger partial charge in [-0.1, -0.05) is 30.3 Å². The van der Waals surface area contributed by atoms with Crippen molar-refractivity contribution in [3.8, 4) is 0 Å². The number of piperazine rings is 1. The maximum absolute atomic E-state index is 12.1. The van der Waals surface area contributed by atoms with Gasteiger partial charge in [0.15, 0.2) is 0 Å². The van der Waals surface area contributed by atoms with Crippen LogP contribution in [0.25, 0.3) is 0 Å². The fourth-order valence-corrected chi connectivity index (χ4v) is 3.44. The van der Waals surface area contributed by atoms with Gasteiger partial charge in [-0.25, -0.2) is 0 Å². The Kier molecular flexibility index (Phi) is 5.50. The Bertz CT molecular complexity index is 525. The maximum Gasteiger partial charge on any atom is 0.235 e. The summed E-state index contributed by atoms with van der Waals surface area (Å²) in [5, 5.41) is 0. The van der Waals surface area contributed by atoms with E-state index in [9.17, 15) is 13.8 Å². The van der Waals surface area contributed by atoms with Crippen molar-refractivity contribution in [2.75, 3.05) is 31.9 Å². The first-order chi connectivity index (χ1) is 10.1. The van der Waals surface area contributed by atoms with Crippen LogP contribution in [0.15, 0.2) is 30.3 Å². The Morgan fingerprint density at radius 2 is 1.62 bits per heavy atom. The molecule has 1 aliphatic heterocycles. The largest absolute Gasteiger partial charge is 0.339 e. The fourth-order valence-electron chi connectivity index (χ4n) is 2.31. The van der Waals surface area contributed by atoms with Crippen LogP contribution in [-0.2, 0) is 26.1 Å². The van der Waals surface area contributed by atoms with Crippen molar-refractivity contribution in [2.24, 2.45) is 0 Å². The van der Waals surface area contributed by atoms with Crippen molar-refractivity contribution in [2.45, 2.75) is 12.7 Å². The molecule has 0 aliphatic carbocycles. The summed E-state index contributed by atoms with van der Waals surface area (Å²) in [6, 6.07) is 9.53. The van der Waals surface area contributed by atoms with Gasteiger partial charge < -0.3 is 9.80 Å². The van der Waals surface area contributed by atoms with Crippen LogP contribution < -0.4 is 0 Å². The second-order valence-corrected chi connectivity index (χ2v) is 6.56. The van der Waals surface area contributed by atoms with Gasteiger partial charge in [0.05, 0.1) is 0 Å². The molecular weight excluding hydrogens is 288 g/mol. The van der Waals surface area contributed by atoms with Crippen LogP contribution in [0.2, 0.25) is 0 Å². The van der Waals surface area contributed by atoms with Crippen LogP contribution in [-0.4, -0.2) is 57.8 Å². The number of hydrogen-bond donors (Lipinski definition) is 0. The van der Waals surface area contributed by atoms with E-state index >= 15 is 0 Å². The summed E-state index contributed by atoms with van der Waals surface area (Å²) in [5.41, 5.74) is 0.977. The Balaban J connectivity index is 1.79. The molecule has 1 fully saturated rings. The van der Waals surface area contributed by atoms with E-state index in [4.69, 9.17) is 0 Å². The molecule has 0 N–H and O–H groups in total. The lowest BCUT2D eigenvalue weighted by atomic mass is 10.2. The zero-order valence-electron chi connectivity index (χ0n) is 12.2. The van der Waals surface area contributed by atoms with Gasteiger partial charge in [0.2, 0.25) is 11.8 Å². The normalized spacial score (nSPS) is 16.6. The average Bonchev–Trinajstić information content (AvgIpc) is 2.48. The quantitative estimate of drug-likeness (QED) is 0.819. The third-order valence-electron chi connectivity index (χ3n) is 3.53. The van der Waals surface area contributed by atoms with Crippen LogP contribution in [0.3, 0.4) is 0 Å². The zero-order chi connectivity index (χ0) is 15.2. The lowest BCUT2D eigenvalue weighted by Crippen LogP contribution is -2.51. The minimum Gasteiger partial charge on any atom is -0.339 e. The Labute approximate surface area is 127 Å². The molecule has 1 aromatic carbocycles. The summed E-state index contributed by atoms with van der Waals surface area (Å²) in [4.78, 5) is 26.8. The van der Waals surface area contributed by atoms with E-state index in [1.807, 2.05) is 30.3 Å². The standard InChI is InChI=1S/C15H20N2O3S/c1-13(18)16-7-9-17(10-8-16)15(19)12-21(20)11-14-5-3-2-4-6-14/h2-6H,7-12H2,1H3. The van der Waals surface area contributed by atoms with Crippen LogP contribution >= 0.6 is 0 Å². The monoisotopic (exact) mass is 308 g/mol. The number of benzene rings is 1. The number of carbonyl (C=O) groups excluding carboxylic acids is 2. The predicted molar refractivity (Wildman–Crippen MR) is 82.0 cm³/mol. The van der Waals surface area contributed by atoms with Crippen LogP contribution in [0, 0.1) is 0 Å². The number of hydrogen-bond acceptors (Lipinski definition) is 3. The number of nitrogens with zero attached hydrogens (tertiary/aromatic N) is 2. The van der Waals surface area contributed by atoms with Gasteiger partial charge in [-0.3, -0.25) is 13.8 Å². The van der Waals surface area contributed by atoms with Gasteiger partial charge in [0.1, 0.15) is 5.75 Å². The van der Waals surface area contributed by atoms with Crippen molar-refractivity contribution in [1.29, 1.82) is 0 Å². The molecule has 5 nitrogen and oxygen atoms in total. The summed E-state index contributed by atoms with van der Waals surface area (Å²) >= 11 is 0. The van der Waals surface area contributed by atoms with Gasteiger partial charge >= 0.3 is 0 Å². The van der Waals surface area contributed by atoms with Crippen molar-refractivity contribution in [3.63, 3.8) is 0 Å². The van der Waals surface area contributed by atoms with Crippen molar-refractivity contribution in [3.05, 3.63) is 35.9 Å². The van der Waals surface area contributed by atoms with E-state index < -0.39 is 10.8 Å². The highest BCUT2D eigenvalue weighted by molar-refractivity contribution is 7.84. The molecule has 2 amide bonds. The number of rotatable bonds is 4. The first-order valence-electron chi connectivity index (χ1n) is 6.98. The Hall–Kier alpha value is -1.69. The van der Waals surface area contributed by atoms with E-state index in [2.05, 4.69) is 0 Å². The molecule has 114 valence electrons. The molecule has 1 saturated heterocycles. The first-order valence-corrected chi connectivity index (χ1v) is 8.47. The van der Waals surface area contributed by atoms with E-state index in [0.717, 1.165) is 5.56 Å². The lowest BCUT2D eigenvalue weighted by Gasteiger charge is -2.34. The van der Waals surface area contributed by atoms with Crippen molar-refractivity contribution in [1.82, 2.24) is 9.80 Å². The molecule has 1 aromatic rings. The summed E-state index contributed by atoms with van der Waals surface area (Å²) in [6.45, 7) is 3.72. The molecule has 2 rings (SSSR count). The summed E-state index contributed by atoms with van der Waals surface area (Å²) in [6.07, 6.45) is 0. The highest BCUT2D eigenvalue weighted by atomic mass is 32.2. The smallest absolute Gasteiger partial charge is 0.235 e. The van der Waals surface area contributed by atoms with Crippen LogP contribution in [0.1, 0.15) is 12.5 Å². The third kappa shape index (κ3) is 4.67. The fraction of sp³-hybridized carbons (Fsp3) is 0.467. The molecule has 1 unspecified atom stereocenters. The number of carbonyl (C=O) groups is 2. The van der Waals surface area contributed by atoms with E-state index in [1.54, 1.807) is 9.80 Å². The first kappa shape index (κ1) is 15.7. The molecule has 0 spiro atoms. The highest BCUT2D eigenvalue weighted by Gasteiger charge is 2.23. The zero-order valence-corrected chi connectivity index (χ0v) is 13.0.